The van der Waals surface area contributed by atoms with Gasteiger partial charge in [0.2, 0.25) is 11.2 Å². The van der Waals surface area contributed by atoms with Gasteiger partial charge >= 0.3 is 17.3 Å². The molecule has 0 amide bonds. The van der Waals surface area contributed by atoms with Crippen molar-refractivity contribution in [2.45, 2.75) is 0 Å². The third-order valence-electron chi connectivity index (χ3n) is 3.74. The van der Waals surface area contributed by atoms with Gasteiger partial charge in [0.05, 0.1) is 16.1 Å². The summed E-state index contributed by atoms with van der Waals surface area (Å²) in [4.78, 5) is 31.1. The van der Waals surface area contributed by atoms with Crippen molar-refractivity contribution >= 4 is 71.1 Å². The Labute approximate surface area is 177 Å². The highest BCUT2D eigenvalue weighted by molar-refractivity contribution is 9.10. The van der Waals surface area contributed by atoms with Gasteiger partial charge in [-0.05, 0) is 18.2 Å². The largest absolute Gasteiger partial charge is 0.478 e. The average Bonchev–Trinajstić information content (AvgIpc) is 3.26. The molecule has 4 rings (SSSR count). The second kappa shape index (κ2) is 8.01. The number of non-ortho nitro benzene ring substituents is 2. The van der Waals surface area contributed by atoms with Crippen LogP contribution in [0.25, 0.3) is 21.9 Å². The highest BCUT2D eigenvalue weighted by Crippen LogP contribution is 2.33. The maximum absolute atomic E-state index is 10.8. The van der Waals surface area contributed by atoms with Gasteiger partial charge in [-0.1, -0.05) is 31.9 Å². The van der Waals surface area contributed by atoms with E-state index in [1.807, 2.05) is 0 Å². The van der Waals surface area contributed by atoms with Crippen molar-refractivity contribution in [1.29, 1.82) is 0 Å². The Hall–Kier alpha value is -3.25. The van der Waals surface area contributed by atoms with Crippen molar-refractivity contribution in [1.82, 2.24) is 0 Å². The molecule has 12 heteroatoms. The van der Waals surface area contributed by atoms with Gasteiger partial charge in [-0.25, -0.2) is 4.79 Å². The summed E-state index contributed by atoms with van der Waals surface area (Å²) < 4.78 is 11.0. The molecule has 2 aromatic carbocycles. The number of nitro benzene ring substituents is 2. The Morgan fingerprint density at radius 3 is 2.10 bits per heavy atom. The first-order valence-corrected chi connectivity index (χ1v) is 9.17. The number of halogens is 2. The fraction of sp³-hybridized carbons (Fsp3) is 0. The van der Waals surface area contributed by atoms with E-state index < -0.39 is 15.8 Å². The minimum atomic E-state index is -1.19. The normalized spacial score (nSPS) is 10.6. The van der Waals surface area contributed by atoms with Crippen LogP contribution in [0.15, 0.2) is 60.6 Å². The van der Waals surface area contributed by atoms with Crippen molar-refractivity contribution < 1.29 is 28.6 Å². The van der Waals surface area contributed by atoms with Gasteiger partial charge in [-0.15, -0.1) is 0 Å². The second-order valence-electron chi connectivity index (χ2n) is 5.53. The topological polar surface area (TPSA) is 150 Å². The van der Waals surface area contributed by atoms with Crippen LogP contribution in [-0.2, 0) is 0 Å². The van der Waals surface area contributed by atoms with Crippen LogP contribution in [0.5, 0.6) is 0 Å². The van der Waals surface area contributed by atoms with Gasteiger partial charge in [0, 0.05) is 31.9 Å². The molecule has 0 bridgehead atoms. The molecule has 0 fully saturated rings. The van der Waals surface area contributed by atoms with Crippen LogP contribution >= 0.6 is 31.9 Å². The summed E-state index contributed by atoms with van der Waals surface area (Å²) in [5.41, 5.74) is -0.107. The molecule has 1 N–H and O–H groups in total. The molecule has 0 radical (unpaired) electrons. The van der Waals surface area contributed by atoms with E-state index >= 15 is 0 Å². The fourth-order valence-electron chi connectivity index (χ4n) is 2.55. The summed E-state index contributed by atoms with van der Waals surface area (Å²) >= 11 is 6.27. The minimum Gasteiger partial charge on any atom is -0.478 e. The molecule has 0 aliphatic rings. The number of benzene rings is 2. The lowest BCUT2D eigenvalue weighted by Crippen LogP contribution is -1.94. The lowest BCUT2D eigenvalue weighted by molar-refractivity contribution is -0.383. The molecular formula is C17H8Br2N2O8. The van der Waals surface area contributed by atoms with E-state index in [9.17, 15) is 25.0 Å². The first-order valence-electron chi connectivity index (χ1n) is 7.58. The standard InChI is InChI=1S/C9H4BrNO5.C8H4BrNO3/c10-4-1-5-6(9(12)13)3-16-8(5)7(2-4)11(14)15;9-6-3-5-1-2-13-8(5)7(4-6)10(11)12/h1-3H,(H,12,13);1-4H. The van der Waals surface area contributed by atoms with Crippen LogP contribution in [0, 0.1) is 20.2 Å². The number of nitrogens with zero attached hydrogens (tertiary/aromatic N) is 2. The van der Waals surface area contributed by atoms with E-state index in [-0.39, 0.29) is 27.9 Å². The van der Waals surface area contributed by atoms with Crippen LogP contribution in [-0.4, -0.2) is 20.9 Å². The number of fused-ring (bicyclic) bond motifs is 2. The van der Waals surface area contributed by atoms with Crippen molar-refractivity contribution in [2.75, 3.05) is 0 Å². The number of carbonyl (C=O) groups is 1. The number of aromatic carboxylic acids is 1. The van der Waals surface area contributed by atoms with Crippen LogP contribution in [0.1, 0.15) is 10.4 Å². The van der Waals surface area contributed by atoms with Gasteiger partial charge in [0.1, 0.15) is 11.8 Å². The number of carboxylic acids is 1. The molecule has 0 aliphatic heterocycles. The predicted octanol–water partition coefficient (Wildman–Crippen LogP) is 5.91. The first-order chi connectivity index (χ1) is 13.7. The third kappa shape index (κ3) is 4.12. The molecule has 0 saturated heterocycles. The molecule has 148 valence electrons. The molecular weight excluding hydrogens is 520 g/mol. The Balaban J connectivity index is 0.000000169. The SMILES string of the molecule is O=C(O)c1coc2c([N+](=O)[O-])cc(Br)cc12.O=[N+]([O-])c1cc(Br)cc2ccoc12. The highest BCUT2D eigenvalue weighted by Gasteiger charge is 2.21. The Morgan fingerprint density at radius 1 is 0.931 bits per heavy atom. The molecule has 0 aliphatic carbocycles. The Kier molecular flexibility index (Phi) is 5.66. The van der Waals surface area contributed by atoms with Crippen LogP contribution in [0.3, 0.4) is 0 Å². The molecule has 2 aromatic heterocycles. The smallest absolute Gasteiger partial charge is 0.339 e. The lowest BCUT2D eigenvalue weighted by atomic mass is 10.1. The zero-order valence-corrected chi connectivity index (χ0v) is 17.2. The van der Waals surface area contributed by atoms with Crippen molar-refractivity contribution in [2.24, 2.45) is 0 Å². The maximum Gasteiger partial charge on any atom is 0.339 e. The number of carboxylic acid groups (broad SMARTS) is 1. The minimum absolute atomic E-state index is 0.0191. The van der Waals surface area contributed by atoms with Crippen molar-refractivity contribution in [3.05, 3.63) is 77.6 Å². The number of rotatable bonds is 3. The van der Waals surface area contributed by atoms with Gasteiger partial charge in [0.15, 0.2) is 0 Å². The summed E-state index contributed by atoms with van der Waals surface area (Å²) in [6.07, 6.45) is 2.43. The molecule has 29 heavy (non-hydrogen) atoms. The van der Waals surface area contributed by atoms with Crippen LogP contribution in [0.4, 0.5) is 11.4 Å². The highest BCUT2D eigenvalue weighted by atomic mass is 79.9. The fourth-order valence-corrected chi connectivity index (χ4v) is 3.46. The summed E-state index contributed by atoms with van der Waals surface area (Å²) in [7, 11) is 0. The zero-order valence-electron chi connectivity index (χ0n) is 14.0. The molecule has 2 heterocycles. The quantitative estimate of drug-likeness (QED) is 0.255. The van der Waals surface area contributed by atoms with E-state index in [4.69, 9.17) is 13.9 Å². The summed E-state index contributed by atoms with van der Waals surface area (Å²) in [5.74, 6) is -1.19. The van der Waals surface area contributed by atoms with Gasteiger partial charge in [-0.3, -0.25) is 20.2 Å². The first kappa shape index (κ1) is 20.5. The zero-order chi connectivity index (χ0) is 21.3. The lowest BCUT2D eigenvalue weighted by Gasteiger charge is -1.95. The molecule has 10 nitrogen and oxygen atoms in total. The van der Waals surface area contributed by atoms with Gasteiger partial charge in [0.25, 0.3) is 0 Å². The molecule has 0 saturated carbocycles. The third-order valence-corrected chi connectivity index (χ3v) is 4.65. The molecule has 4 aromatic rings. The predicted molar refractivity (Wildman–Crippen MR) is 108 cm³/mol. The molecule has 0 spiro atoms. The van der Waals surface area contributed by atoms with Gasteiger partial charge in [-0.2, -0.15) is 0 Å². The van der Waals surface area contributed by atoms with E-state index in [0.29, 0.717) is 14.5 Å². The van der Waals surface area contributed by atoms with Crippen molar-refractivity contribution in [3.8, 4) is 0 Å². The summed E-state index contributed by atoms with van der Waals surface area (Å²) in [6.45, 7) is 0. The molecule has 0 atom stereocenters. The monoisotopic (exact) mass is 526 g/mol. The maximum atomic E-state index is 10.8. The van der Waals surface area contributed by atoms with Crippen molar-refractivity contribution in [3.63, 3.8) is 0 Å². The van der Waals surface area contributed by atoms with E-state index in [0.717, 1.165) is 11.6 Å². The number of nitro groups is 2. The van der Waals surface area contributed by atoms with E-state index in [1.165, 1.54) is 24.5 Å². The number of furan rings is 2. The molecule has 0 unspecified atom stereocenters. The summed E-state index contributed by atoms with van der Waals surface area (Å²) in [6, 6.07) is 7.61. The second-order valence-corrected chi connectivity index (χ2v) is 7.37. The Bertz CT molecular complexity index is 1280. The average molecular weight is 528 g/mol. The summed E-state index contributed by atoms with van der Waals surface area (Å²) in [5, 5.41) is 31.1. The Morgan fingerprint density at radius 2 is 1.52 bits per heavy atom. The van der Waals surface area contributed by atoms with E-state index in [2.05, 4.69) is 31.9 Å². The number of hydrogen-bond acceptors (Lipinski definition) is 7. The number of hydrogen-bond donors (Lipinski definition) is 1. The van der Waals surface area contributed by atoms with E-state index in [1.54, 1.807) is 12.1 Å². The van der Waals surface area contributed by atoms with Crippen LogP contribution < -0.4 is 0 Å². The van der Waals surface area contributed by atoms with Gasteiger partial charge < -0.3 is 13.9 Å². The van der Waals surface area contributed by atoms with Crippen LogP contribution in [0.2, 0.25) is 0 Å².